The summed E-state index contributed by atoms with van der Waals surface area (Å²) in [6, 6.07) is 9.29. The molecule has 3 aromatic heterocycles. The smallest absolute Gasteiger partial charge is 0.251 e. The number of benzene rings is 1. The number of carbonyl (C=O) groups is 1. The standard InChI is InChI=1S/C25H32N8O/c1-2-15-33-17-19(16-29-33)22-21-11-14-27-23(21)32-25(31-22)30-20-9-7-18(8-10-20)24(34)28-13-6-4-3-5-12-26/h7-11,14,16-17H,2-6,12-13,15,26H2,1H3,(H,28,34)(H2,27,30,31,32). The average molecular weight is 461 g/mol. The SMILES string of the molecule is CCCn1cc(-c2nc(Nc3ccc(C(=O)NCCCCCCN)cc3)nc3[nH]ccc23)cn1. The molecule has 4 aromatic rings. The number of amides is 1. The molecule has 0 atom stereocenters. The Bertz CT molecular complexity index is 1210. The molecule has 0 aliphatic rings. The van der Waals surface area contributed by atoms with E-state index in [0.29, 0.717) is 18.1 Å². The molecule has 9 heteroatoms. The summed E-state index contributed by atoms with van der Waals surface area (Å²) in [6.45, 7) is 4.38. The van der Waals surface area contributed by atoms with Crippen molar-refractivity contribution in [3.8, 4) is 11.3 Å². The third-order valence-corrected chi connectivity index (χ3v) is 5.59. The van der Waals surface area contributed by atoms with Gasteiger partial charge in [-0.05, 0) is 56.1 Å². The van der Waals surface area contributed by atoms with E-state index in [1.165, 1.54) is 0 Å². The molecule has 0 spiro atoms. The van der Waals surface area contributed by atoms with Crippen LogP contribution in [0.25, 0.3) is 22.3 Å². The predicted octanol–water partition coefficient (Wildman–Crippen LogP) is 4.22. The number of aromatic amines is 1. The van der Waals surface area contributed by atoms with Crippen molar-refractivity contribution in [1.82, 2.24) is 30.0 Å². The molecule has 0 unspecified atom stereocenters. The average Bonchev–Trinajstić information content (AvgIpc) is 3.51. The minimum atomic E-state index is -0.0687. The Hall–Kier alpha value is -3.72. The minimum absolute atomic E-state index is 0.0687. The Morgan fingerprint density at radius 3 is 2.71 bits per heavy atom. The number of carbonyl (C=O) groups excluding carboxylic acids is 1. The number of hydrogen-bond donors (Lipinski definition) is 4. The summed E-state index contributed by atoms with van der Waals surface area (Å²) in [5, 5.41) is 11.6. The van der Waals surface area contributed by atoms with Crippen molar-refractivity contribution in [1.29, 1.82) is 0 Å². The fourth-order valence-corrected chi connectivity index (χ4v) is 3.82. The monoisotopic (exact) mass is 460 g/mol. The van der Waals surface area contributed by atoms with Crippen LogP contribution in [0, 0.1) is 0 Å². The number of nitrogens with two attached hydrogens (primary N) is 1. The first-order chi connectivity index (χ1) is 16.7. The largest absolute Gasteiger partial charge is 0.352 e. The third-order valence-electron chi connectivity index (χ3n) is 5.59. The highest BCUT2D eigenvalue weighted by Gasteiger charge is 2.13. The van der Waals surface area contributed by atoms with Gasteiger partial charge in [-0.15, -0.1) is 0 Å². The summed E-state index contributed by atoms with van der Waals surface area (Å²) in [5.74, 6) is 0.406. The van der Waals surface area contributed by atoms with Gasteiger partial charge in [-0.3, -0.25) is 9.48 Å². The van der Waals surface area contributed by atoms with E-state index in [0.717, 1.165) is 73.2 Å². The molecule has 0 radical (unpaired) electrons. The lowest BCUT2D eigenvalue weighted by molar-refractivity contribution is 0.0953. The summed E-state index contributed by atoms with van der Waals surface area (Å²) < 4.78 is 1.92. The van der Waals surface area contributed by atoms with Crippen molar-refractivity contribution in [3.05, 3.63) is 54.5 Å². The second-order valence-electron chi connectivity index (χ2n) is 8.29. The molecule has 0 fully saturated rings. The molecule has 0 aliphatic carbocycles. The number of H-pyrrole nitrogens is 1. The molecule has 1 aromatic carbocycles. The van der Waals surface area contributed by atoms with E-state index in [1.54, 1.807) is 12.1 Å². The second-order valence-corrected chi connectivity index (χ2v) is 8.29. The van der Waals surface area contributed by atoms with Crippen molar-refractivity contribution in [2.75, 3.05) is 18.4 Å². The molecular weight excluding hydrogens is 428 g/mol. The molecule has 0 aliphatic heterocycles. The summed E-state index contributed by atoms with van der Waals surface area (Å²) in [6.07, 6.45) is 10.9. The van der Waals surface area contributed by atoms with E-state index in [4.69, 9.17) is 10.7 Å². The van der Waals surface area contributed by atoms with E-state index >= 15 is 0 Å². The van der Waals surface area contributed by atoms with Crippen LogP contribution in [0.1, 0.15) is 49.4 Å². The van der Waals surface area contributed by atoms with Gasteiger partial charge in [-0.2, -0.15) is 10.1 Å². The maximum atomic E-state index is 12.4. The molecule has 9 nitrogen and oxygen atoms in total. The van der Waals surface area contributed by atoms with Crippen LogP contribution in [0.3, 0.4) is 0 Å². The zero-order valence-electron chi connectivity index (χ0n) is 19.6. The molecule has 5 N–H and O–H groups in total. The molecule has 4 rings (SSSR count). The van der Waals surface area contributed by atoms with Gasteiger partial charge in [0.1, 0.15) is 5.65 Å². The number of fused-ring (bicyclic) bond motifs is 1. The van der Waals surface area contributed by atoms with Gasteiger partial charge in [0.25, 0.3) is 5.91 Å². The van der Waals surface area contributed by atoms with E-state index in [2.05, 4.69) is 32.6 Å². The third kappa shape index (κ3) is 5.79. The van der Waals surface area contributed by atoms with Crippen molar-refractivity contribution < 1.29 is 4.79 Å². The first kappa shape index (κ1) is 23.4. The Morgan fingerprint density at radius 2 is 1.91 bits per heavy atom. The highest BCUT2D eigenvalue weighted by Crippen LogP contribution is 2.27. The van der Waals surface area contributed by atoms with Crippen molar-refractivity contribution in [2.24, 2.45) is 5.73 Å². The molecular formula is C25H32N8O. The summed E-state index contributed by atoms with van der Waals surface area (Å²) in [5.41, 5.74) is 9.44. The lowest BCUT2D eigenvalue weighted by Crippen LogP contribution is -2.24. The van der Waals surface area contributed by atoms with Crippen LogP contribution < -0.4 is 16.4 Å². The topological polar surface area (TPSA) is 127 Å². The maximum absolute atomic E-state index is 12.4. The Morgan fingerprint density at radius 1 is 1.09 bits per heavy atom. The van der Waals surface area contributed by atoms with Gasteiger partial charge in [0.15, 0.2) is 0 Å². The van der Waals surface area contributed by atoms with Gasteiger partial charge < -0.3 is 21.4 Å². The lowest BCUT2D eigenvalue weighted by atomic mass is 10.1. The number of aryl methyl sites for hydroxylation is 1. The van der Waals surface area contributed by atoms with E-state index in [1.807, 2.05) is 41.5 Å². The Balaban J connectivity index is 1.43. The summed E-state index contributed by atoms with van der Waals surface area (Å²) in [4.78, 5) is 24.9. The fraction of sp³-hybridized carbons (Fsp3) is 0.360. The lowest BCUT2D eigenvalue weighted by Gasteiger charge is -2.09. The van der Waals surface area contributed by atoms with Crippen molar-refractivity contribution in [3.63, 3.8) is 0 Å². The van der Waals surface area contributed by atoms with Crippen LogP contribution in [0.5, 0.6) is 0 Å². The van der Waals surface area contributed by atoms with Crippen LogP contribution >= 0.6 is 0 Å². The van der Waals surface area contributed by atoms with Crippen LogP contribution in [-0.2, 0) is 6.54 Å². The first-order valence-corrected chi connectivity index (χ1v) is 11.9. The summed E-state index contributed by atoms with van der Waals surface area (Å²) in [7, 11) is 0. The molecule has 178 valence electrons. The number of nitrogens with zero attached hydrogens (tertiary/aromatic N) is 4. The highest BCUT2D eigenvalue weighted by atomic mass is 16.1. The zero-order chi connectivity index (χ0) is 23.8. The number of anilines is 2. The number of aromatic nitrogens is 5. The molecule has 0 bridgehead atoms. The molecule has 3 heterocycles. The van der Waals surface area contributed by atoms with Gasteiger partial charge in [-0.1, -0.05) is 19.8 Å². The Kier molecular flexibility index (Phi) is 7.87. The first-order valence-electron chi connectivity index (χ1n) is 11.9. The molecule has 0 saturated carbocycles. The van der Waals surface area contributed by atoms with Gasteiger partial charge >= 0.3 is 0 Å². The zero-order valence-corrected chi connectivity index (χ0v) is 19.6. The highest BCUT2D eigenvalue weighted by molar-refractivity contribution is 5.94. The van der Waals surface area contributed by atoms with Gasteiger partial charge in [-0.25, -0.2) is 4.98 Å². The van der Waals surface area contributed by atoms with Gasteiger partial charge in [0.2, 0.25) is 5.95 Å². The maximum Gasteiger partial charge on any atom is 0.251 e. The van der Waals surface area contributed by atoms with Crippen molar-refractivity contribution >= 4 is 28.6 Å². The number of nitrogens with one attached hydrogen (secondary N) is 3. The predicted molar refractivity (Wildman–Crippen MR) is 135 cm³/mol. The van der Waals surface area contributed by atoms with Crippen LogP contribution in [0.15, 0.2) is 48.9 Å². The van der Waals surface area contributed by atoms with Crippen LogP contribution in [-0.4, -0.2) is 43.7 Å². The van der Waals surface area contributed by atoms with Crippen LogP contribution in [0.2, 0.25) is 0 Å². The quantitative estimate of drug-likeness (QED) is 0.234. The molecule has 0 saturated heterocycles. The number of unbranched alkanes of at least 4 members (excludes halogenated alkanes) is 3. The second kappa shape index (κ2) is 11.4. The van der Waals surface area contributed by atoms with Crippen LogP contribution in [0.4, 0.5) is 11.6 Å². The summed E-state index contributed by atoms with van der Waals surface area (Å²) >= 11 is 0. The fourth-order valence-electron chi connectivity index (χ4n) is 3.82. The van der Waals surface area contributed by atoms with Gasteiger partial charge in [0, 0.05) is 47.7 Å². The minimum Gasteiger partial charge on any atom is -0.352 e. The van der Waals surface area contributed by atoms with E-state index in [-0.39, 0.29) is 5.91 Å². The van der Waals surface area contributed by atoms with E-state index < -0.39 is 0 Å². The molecule has 34 heavy (non-hydrogen) atoms. The Labute approximate surface area is 199 Å². The number of rotatable bonds is 12. The van der Waals surface area contributed by atoms with Crippen molar-refractivity contribution in [2.45, 2.75) is 45.6 Å². The normalized spacial score (nSPS) is 11.1. The number of hydrogen-bond acceptors (Lipinski definition) is 6. The van der Waals surface area contributed by atoms with E-state index in [9.17, 15) is 4.79 Å². The van der Waals surface area contributed by atoms with Gasteiger partial charge in [0.05, 0.1) is 11.9 Å². The molecule has 1 amide bonds.